The van der Waals surface area contributed by atoms with E-state index in [2.05, 4.69) is 44.8 Å². The zero-order valence-corrected chi connectivity index (χ0v) is 22.1. The van der Waals surface area contributed by atoms with Crippen LogP contribution >= 0.6 is 23.3 Å². The van der Waals surface area contributed by atoms with Gasteiger partial charge in [0.2, 0.25) is 0 Å². The van der Waals surface area contributed by atoms with Gasteiger partial charge in [-0.25, -0.2) is 13.8 Å². The molecule has 0 spiro atoms. The number of Topliss-reactive ketones (excluding diaryl/α,β-unsaturated/α-hetero) is 1. The summed E-state index contributed by atoms with van der Waals surface area (Å²) >= 11 is 3.09. The highest BCUT2D eigenvalue weighted by atomic mass is 32.2. The number of nitrogens with two attached hydrogens (primary N) is 1. The van der Waals surface area contributed by atoms with E-state index in [1.165, 1.54) is 25.5 Å². The molecule has 1 aromatic rings. The maximum absolute atomic E-state index is 13.9. The zero-order chi connectivity index (χ0) is 25.6. The Kier molecular flexibility index (Phi) is 13.3. The number of allylic oxidation sites excluding steroid dienone is 4. The van der Waals surface area contributed by atoms with Crippen molar-refractivity contribution in [3.8, 4) is 0 Å². The summed E-state index contributed by atoms with van der Waals surface area (Å²) in [6.45, 7) is 12.7. The van der Waals surface area contributed by atoms with Crippen molar-refractivity contribution in [1.82, 2.24) is 14.2 Å². The van der Waals surface area contributed by atoms with Gasteiger partial charge in [0.25, 0.3) is 0 Å². The second-order valence-electron chi connectivity index (χ2n) is 8.27. The van der Waals surface area contributed by atoms with Gasteiger partial charge in [-0.1, -0.05) is 47.6 Å². The van der Waals surface area contributed by atoms with Crippen LogP contribution in [0.4, 0.5) is 19.7 Å². The molecule has 0 saturated carbocycles. The van der Waals surface area contributed by atoms with Gasteiger partial charge in [0, 0.05) is 38.0 Å². The second kappa shape index (κ2) is 15.9. The van der Waals surface area contributed by atoms with Crippen LogP contribution in [-0.4, -0.2) is 70.7 Å². The number of carbonyl (C=O) groups excluding carboxylic acids is 1. The minimum Gasteiger partial charge on any atom is -0.382 e. The van der Waals surface area contributed by atoms with Crippen LogP contribution in [0.25, 0.3) is 0 Å². The van der Waals surface area contributed by atoms with E-state index in [0.29, 0.717) is 5.13 Å². The number of nitrogen functional groups attached to an aromatic ring is 1. The number of thiazole rings is 1. The van der Waals surface area contributed by atoms with Gasteiger partial charge in [-0.15, -0.1) is 13.2 Å². The van der Waals surface area contributed by atoms with Gasteiger partial charge in [-0.3, -0.25) is 14.0 Å². The molecular formula is C25H37F2N5OS2. The molecule has 6 nitrogen and oxygen atoms in total. The highest BCUT2D eigenvalue weighted by Crippen LogP contribution is 2.30. The van der Waals surface area contributed by atoms with Crippen LogP contribution in [0.1, 0.15) is 42.3 Å². The first kappa shape index (κ1) is 29.2. The first-order valence-electron chi connectivity index (χ1n) is 11.9. The van der Waals surface area contributed by atoms with Gasteiger partial charge in [0.15, 0.2) is 10.9 Å². The molecule has 1 aromatic heterocycles. The summed E-state index contributed by atoms with van der Waals surface area (Å²) in [6, 6.07) is 0.274. The molecule has 3 rings (SSSR count). The summed E-state index contributed by atoms with van der Waals surface area (Å²) < 4.78 is 29.1. The van der Waals surface area contributed by atoms with E-state index in [4.69, 9.17) is 5.73 Å². The molecule has 35 heavy (non-hydrogen) atoms. The van der Waals surface area contributed by atoms with E-state index in [9.17, 15) is 13.6 Å². The van der Waals surface area contributed by atoms with Crippen molar-refractivity contribution >= 4 is 40.0 Å². The first-order chi connectivity index (χ1) is 16.9. The fourth-order valence-electron chi connectivity index (χ4n) is 3.69. The SMILES string of the molecule is C=C.CC(F)/C=C\C=C(\F)CC(=O)c1sc(NC2CCN(SCCCN3CC=CC3)CC2)nc1N. The van der Waals surface area contributed by atoms with Gasteiger partial charge >= 0.3 is 0 Å². The number of aromatic nitrogens is 1. The number of ketones is 1. The zero-order valence-electron chi connectivity index (χ0n) is 20.4. The molecule has 2 aliphatic heterocycles. The topological polar surface area (TPSA) is 74.5 Å². The fraction of sp³-hybridized carbons (Fsp3) is 0.520. The van der Waals surface area contributed by atoms with Crippen molar-refractivity contribution < 1.29 is 13.6 Å². The largest absolute Gasteiger partial charge is 0.382 e. The third-order valence-corrected chi connectivity index (χ3v) is 7.70. The number of carbonyl (C=O) groups is 1. The average molecular weight is 526 g/mol. The van der Waals surface area contributed by atoms with Gasteiger partial charge in [0.1, 0.15) is 22.7 Å². The Labute approximate surface area is 216 Å². The number of nitrogens with zero attached hydrogens (tertiary/aromatic N) is 3. The lowest BCUT2D eigenvalue weighted by Gasteiger charge is -2.31. The molecule has 0 aromatic carbocycles. The van der Waals surface area contributed by atoms with Crippen LogP contribution in [0.3, 0.4) is 0 Å². The van der Waals surface area contributed by atoms with Crippen LogP contribution < -0.4 is 11.1 Å². The summed E-state index contributed by atoms with van der Waals surface area (Å²) in [7, 11) is 0. The Hall–Kier alpha value is -2.01. The van der Waals surface area contributed by atoms with Gasteiger partial charge in [0.05, 0.1) is 6.42 Å². The monoisotopic (exact) mass is 525 g/mol. The second-order valence-corrected chi connectivity index (χ2v) is 10.5. The Morgan fingerprint density at radius 2 is 2.06 bits per heavy atom. The summed E-state index contributed by atoms with van der Waals surface area (Å²) in [6.07, 6.45) is 9.62. The van der Waals surface area contributed by atoms with Crippen molar-refractivity contribution in [2.45, 2.75) is 44.8 Å². The van der Waals surface area contributed by atoms with Gasteiger partial charge in [-0.05, 0) is 38.8 Å². The molecule has 10 heteroatoms. The maximum Gasteiger partial charge on any atom is 0.185 e. The predicted molar refractivity (Wildman–Crippen MR) is 147 cm³/mol. The molecule has 3 N–H and O–H groups in total. The third kappa shape index (κ3) is 10.6. The Bertz CT molecular complexity index is 871. The number of alkyl halides is 1. The quantitative estimate of drug-likeness (QED) is 0.120. The van der Waals surface area contributed by atoms with E-state index >= 15 is 0 Å². The summed E-state index contributed by atoms with van der Waals surface area (Å²) in [5.41, 5.74) is 5.91. The van der Waals surface area contributed by atoms with E-state index in [1.54, 1.807) is 0 Å². The van der Waals surface area contributed by atoms with Crippen LogP contribution in [0, 0.1) is 0 Å². The summed E-state index contributed by atoms with van der Waals surface area (Å²) in [5, 5.41) is 3.98. The van der Waals surface area contributed by atoms with Crippen LogP contribution in [0.5, 0.6) is 0 Å². The van der Waals surface area contributed by atoms with E-state index in [0.717, 1.165) is 68.7 Å². The van der Waals surface area contributed by atoms with Crippen molar-refractivity contribution in [2.75, 3.05) is 49.5 Å². The smallest absolute Gasteiger partial charge is 0.185 e. The Balaban J connectivity index is 0.00000210. The lowest BCUT2D eigenvalue weighted by atomic mass is 10.1. The van der Waals surface area contributed by atoms with Crippen molar-refractivity contribution in [3.05, 3.63) is 54.2 Å². The van der Waals surface area contributed by atoms with E-state index in [-0.39, 0.29) is 16.7 Å². The Morgan fingerprint density at radius 1 is 1.37 bits per heavy atom. The number of hydrogen-bond acceptors (Lipinski definition) is 8. The van der Waals surface area contributed by atoms with Crippen LogP contribution in [-0.2, 0) is 0 Å². The summed E-state index contributed by atoms with van der Waals surface area (Å²) in [4.78, 5) is 19.4. The highest BCUT2D eigenvalue weighted by Gasteiger charge is 2.22. The third-order valence-electron chi connectivity index (χ3n) is 5.46. The van der Waals surface area contributed by atoms with Gasteiger partial charge in [-0.2, -0.15) is 0 Å². The number of halogens is 2. The molecule has 0 amide bonds. The first-order valence-corrected chi connectivity index (χ1v) is 13.6. The van der Waals surface area contributed by atoms with Crippen molar-refractivity contribution in [2.24, 2.45) is 0 Å². The molecule has 0 aliphatic carbocycles. The fourth-order valence-corrected chi connectivity index (χ4v) is 5.57. The van der Waals surface area contributed by atoms with Crippen LogP contribution in [0.15, 0.2) is 49.4 Å². The number of hydrogen-bond donors (Lipinski definition) is 2. The molecule has 1 atom stereocenters. The standard InChI is InChI=1S/C23H33F2N5OS2.C2H4/c1-17(24)6-4-7-18(25)16-20(31)21-22(26)28-23(33-21)27-19-8-13-30(14-9-19)32-15-5-12-29-10-2-3-11-29;1-2/h2-4,6-7,17,19H,5,8-16,26H2,1H3,(H,27,28);1-2H2/b6-4-,18-7+;. The predicted octanol–water partition coefficient (Wildman–Crippen LogP) is 5.65. The number of piperidine rings is 1. The normalized spacial score (nSPS) is 18.5. The summed E-state index contributed by atoms with van der Waals surface area (Å²) in [5.74, 6) is 0.191. The maximum atomic E-state index is 13.9. The molecule has 2 aliphatic rings. The Morgan fingerprint density at radius 3 is 2.71 bits per heavy atom. The molecular weight excluding hydrogens is 488 g/mol. The molecule has 194 valence electrons. The minimum atomic E-state index is -1.17. The molecule has 1 unspecified atom stereocenters. The molecule has 0 radical (unpaired) electrons. The van der Waals surface area contributed by atoms with E-state index in [1.807, 2.05) is 11.9 Å². The average Bonchev–Trinajstić information content (AvgIpc) is 3.48. The lowest BCUT2D eigenvalue weighted by molar-refractivity contribution is 0.0991. The van der Waals surface area contributed by atoms with Crippen LogP contribution in [0.2, 0.25) is 0 Å². The number of anilines is 2. The number of rotatable bonds is 12. The highest BCUT2D eigenvalue weighted by molar-refractivity contribution is 7.97. The molecule has 3 heterocycles. The molecule has 0 bridgehead atoms. The molecule has 1 fully saturated rings. The molecule has 1 saturated heterocycles. The van der Waals surface area contributed by atoms with Gasteiger partial charge < -0.3 is 11.1 Å². The van der Waals surface area contributed by atoms with Crippen molar-refractivity contribution in [1.29, 1.82) is 0 Å². The number of nitrogens with one attached hydrogen (secondary N) is 1. The lowest BCUT2D eigenvalue weighted by Crippen LogP contribution is -2.35. The minimum absolute atomic E-state index is 0.120. The van der Waals surface area contributed by atoms with E-state index < -0.39 is 24.2 Å². The van der Waals surface area contributed by atoms with Crippen molar-refractivity contribution in [3.63, 3.8) is 0 Å².